The van der Waals surface area contributed by atoms with E-state index in [1.807, 2.05) is 24.3 Å². The van der Waals surface area contributed by atoms with Gasteiger partial charge >= 0.3 is 0 Å². The number of aromatic nitrogens is 1. The van der Waals surface area contributed by atoms with Crippen molar-refractivity contribution in [2.75, 3.05) is 13.7 Å². The van der Waals surface area contributed by atoms with Crippen LogP contribution in [0.4, 0.5) is 0 Å². The van der Waals surface area contributed by atoms with E-state index in [1.165, 1.54) is 0 Å². The first-order valence-corrected chi connectivity index (χ1v) is 8.73. The van der Waals surface area contributed by atoms with Crippen molar-refractivity contribution in [2.45, 2.75) is 32.6 Å². The number of ether oxygens (including phenoxy) is 1. The second kappa shape index (κ2) is 7.55. The van der Waals surface area contributed by atoms with Gasteiger partial charge in [0, 0.05) is 12.2 Å². The Kier molecular flexibility index (Phi) is 5.22. The number of rotatable bonds is 5. The molecule has 0 saturated heterocycles. The molecule has 132 valence electrons. The monoisotopic (exact) mass is 340 g/mol. The molecule has 0 radical (unpaired) electrons. The van der Waals surface area contributed by atoms with Crippen molar-refractivity contribution in [1.29, 1.82) is 0 Å². The lowest BCUT2D eigenvalue weighted by molar-refractivity contribution is 0.0952. The van der Waals surface area contributed by atoms with Crippen LogP contribution in [0.2, 0.25) is 0 Å². The molecule has 1 amide bonds. The number of hydrogen-bond acceptors (Lipinski definition) is 3. The van der Waals surface area contributed by atoms with Gasteiger partial charge in [-0.3, -0.25) is 9.59 Å². The van der Waals surface area contributed by atoms with E-state index in [1.54, 1.807) is 13.2 Å². The van der Waals surface area contributed by atoms with Gasteiger partial charge in [-0.2, -0.15) is 0 Å². The fourth-order valence-electron chi connectivity index (χ4n) is 3.26. The van der Waals surface area contributed by atoms with Gasteiger partial charge in [0.05, 0.1) is 7.11 Å². The highest BCUT2D eigenvalue weighted by molar-refractivity contribution is 5.94. The molecular formula is C20H24N2O3. The number of fused-ring (bicyclic) bond motifs is 1. The number of carbonyl (C=O) groups excluding carboxylic acids is 1. The average molecular weight is 340 g/mol. The number of hydrogen-bond donors (Lipinski definition) is 2. The largest absolute Gasteiger partial charge is 0.497 e. The molecule has 3 rings (SSSR count). The summed E-state index contributed by atoms with van der Waals surface area (Å²) >= 11 is 0. The van der Waals surface area contributed by atoms with Crippen LogP contribution in [0.3, 0.4) is 0 Å². The number of carbonyl (C=O) groups is 1. The number of pyridine rings is 1. The summed E-state index contributed by atoms with van der Waals surface area (Å²) in [6.45, 7) is 2.68. The number of aryl methyl sites for hydroxylation is 1. The molecular weight excluding hydrogens is 316 g/mol. The van der Waals surface area contributed by atoms with E-state index in [9.17, 15) is 9.59 Å². The summed E-state index contributed by atoms with van der Waals surface area (Å²) in [6, 6.07) is 9.50. The van der Waals surface area contributed by atoms with E-state index in [0.29, 0.717) is 18.9 Å². The Hall–Kier alpha value is -2.56. The molecule has 2 aromatic rings. The highest BCUT2D eigenvalue weighted by Gasteiger charge is 2.19. The van der Waals surface area contributed by atoms with Gasteiger partial charge in [0.25, 0.3) is 11.5 Å². The predicted octanol–water partition coefficient (Wildman–Crippen LogP) is 2.48. The molecule has 25 heavy (non-hydrogen) atoms. The highest BCUT2D eigenvalue weighted by atomic mass is 16.5. The Morgan fingerprint density at radius 1 is 1.32 bits per heavy atom. The van der Waals surface area contributed by atoms with Crippen LogP contribution >= 0.6 is 0 Å². The van der Waals surface area contributed by atoms with Gasteiger partial charge in [0.15, 0.2) is 0 Å². The van der Waals surface area contributed by atoms with Gasteiger partial charge in [-0.05, 0) is 60.9 Å². The molecule has 5 heteroatoms. The minimum atomic E-state index is -0.309. The molecule has 1 aromatic carbocycles. The molecule has 1 atom stereocenters. The van der Waals surface area contributed by atoms with E-state index < -0.39 is 0 Å². The fraction of sp³-hybridized carbons (Fsp3) is 0.400. The Morgan fingerprint density at radius 3 is 2.80 bits per heavy atom. The first kappa shape index (κ1) is 17.3. The summed E-state index contributed by atoms with van der Waals surface area (Å²) in [5.41, 5.74) is 3.10. The number of methoxy groups -OCH3 is 1. The van der Waals surface area contributed by atoms with E-state index in [0.717, 1.165) is 41.8 Å². The predicted molar refractivity (Wildman–Crippen MR) is 97.3 cm³/mol. The quantitative estimate of drug-likeness (QED) is 0.878. The minimum absolute atomic E-state index is 0.211. The summed E-state index contributed by atoms with van der Waals surface area (Å²) in [5.74, 6) is 1.09. The Bertz CT molecular complexity index is 809. The van der Waals surface area contributed by atoms with Crippen molar-refractivity contribution in [3.63, 3.8) is 0 Å². The van der Waals surface area contributed by atoms with Gasteiger partial charge in [-0.15, -0.1) is 0 Å². The molecule has 2 N–H and O–H groups in total. The van der Waals surface area contributed by atoms with Crippen LogP contribution in [0.5, 0.6) is 5.75 Å². The summed E-state index contributed by atoms with van der Waals surface area (Å²) < 4.78 is 5.13. The third kappa shape index (κ3) is 4.10. The fourth-order valence-corrected chi connectivity index (χ4v) is 3.26. The standard InChI is InChI=1S/C20H24N2O3/c1-13-3-8-18-15(11-13)12-17(20(24)22-18)19(23)21-10-9-14-4-6-16(25-2)7-5-14/h4-7,12-13H,3,8-11H2,1-2H3,(H,21,23)(H,22,24). The SMILES string of the molecule is COc1ccc(CCNC(=O)c2cc3c([nH]c2=O)CCC(C)C3)cc1. The van der Waals surface area contributed by atoms with Crippen LogP contribution < -0.4 is 15.6 Å². The number of nitrogens with one attached hydrogen (secondary N) is 2. The summed E-state index contributed by atoms with van der Waals surface area (Å²) in [4.78, 5) is 27.4. The number of benzene rings is 1. The van der Waals surface area contributed by atoms with Crippen molar-refractivity contribution in [3.05, 3.63) is 63.1 Å². The lowest BCUT2D eigenvalue weighted by Crippen LogP contribution is -2.32. The Labute approximate surface area is 147 Å². The molecule has 1 aliphatic carbocycles. The molecule has 0 saturated carbocycles. The zero-order valence-electron chi connectivity index (χ0n) is 14.7. The maximum absolute atomic E-state index is 12.4. The van der Waals surface area contributed by atoms with Crippen LogP contribution in [0.15, 0.2) is 35.1 Å². The highest BCUT2D eigenvalue weighted by Crippen LogP contribution is 2.23. The number of amides is 1. The number of aromatic amines is 1. The van der Waals surface area contributed by atoms with E-state index in [-0.39, 0.29) is 17.0 Å². The summed E-state index contributed by atoms with van der Waals surface area (Å²) in [6.07, 6.45) is 3.58. The zero-order valence-corrected chi connectivity index (χ0v) is 14.7. The molecule has 1 aromatic heterocycles. The first-order chi connectivity index (χ1) is 12.1. The van der Waals surface area contributed by atoms with Crippen molar-refractivity contribution in [2.24, 2.45) is 5.92 Å². The lowest BCUT2D eigenvalue weighted by Gasteiger charge is -2.21. The molecule has 1 heterocycles. The second-order valence-corrected chi connectivity index (χ2v) is 6.72. The van der Waals surface area contributed by atoms with E-state index >= 15 is 0 Å². The van der Waals surface area contributed by atoms with E-state index in [4.69, 9.17) is 4.74 Å². The van der Waals surface area contributed by atoms with Crippen molar-refractivity contribution in [3.8, 4) is 5.75 Å². The molecule has 0 aliphatic heterocycles. The maximum atomic E-state index is 12.4. The van der Waals surface area contributed by atoms with Crippen LogP contribution in [0.1, 0.15) is 40.5 Å². The van der Waals surface area contributed by atoms with E-state index in [2.05, 4.69) is 17.2 Å². The lowest BCUT2D eigenvalue weighted by atomic mass is 9.87. The van der Waals surface area contributed by atoms with Gasteiger partial charge in [0.1, 0.15) is 11.3 Å². The minimum Gasteiger partial charge on any atom is -0.497 e. The van der Waals surface area contributed by atoms with Crippen molar-refractivity contribution in [1.82, 2.24) is 10.3 Å². The number of H-pyrrole nitrogens is 1. The van der Waals surface area contributed by atoms with Gasteiger partial charge in [-0.1, -0.05) is 19.1 Å². The maximum Gasteiger partial charge on any atom is 0.261 e. The molecule has 0 spiro atoms. The van der Waals surface area contributed by atoms with Crippen LogP contribution in [0.25, 0.3) is 0 Å². The molecule has 1 aliphatic rings. The third-order valence-corrected chi connectivity index (χ3v) is 4.77. The topological polar surface area (TPSA) is 71.2 Å². The smallest absolute Gasteiger partial charge is 0.261 e. The molecule has 5 nitrogen and oxygen atoms in total. The van der Waals surface area contributed by atoms with Crippen LogP contribution in [0, 0.1) is 5.92 Å². The van der Waals surface area contributed by atoms with Gasteiger partial charge in [-0.25, -0.2) is 0 Å². The van der Waals surface area contributed by atoms with Crippen molar-refractivity contribution < 1.29 is 9.53 Å². The second-order valence-electron chi connectivity index (χ2n) is 6.72. The Morgan fingerprint density at radius 2 is 2.08 bits per heavy atom. The van der Waals surface area contributed by atoms with Crippen LogP contribution in [-0.2, 0) is 19.3 Å². The molecule has 0 bridgehead atoms. The third-order valence-electron chi connectivity index (χ3n) is 4.77. The molecule has 1 unspecified atom stereocenters. The first-order valence-electron chi connectivity index (χ1n) is 8.73. The summed E-state index contributed by atoms with van der Waals surface area (Å²) in [5, 5.41) is 2.84. The van der Waals surface area contributed by atoms with Crippen molar-refractivity contribution >= 4 is 5.91 Å². The summed E-state index contributed by atoms with van der Waals surface area (Å²) in [7, 11) is 1.63. The molecule has 0 fully saturated rings. The Balaban J connectivity index is 1.63. The zero-order chi connectivity index (χ0) is 17.8. The van der Waals surface area contributed by atoms with Gasteiger partial charge in [0.2, 0.25) is 0 Å². The van der Waals surface area contributed by atoms with Crippen LogP contribution in [-0.4, -0.2) is 24.5 Å². The normalized spacial score (nSPS) is 16.2. The average Bonchev–Trinajstić information content (AvgIpc) is 2.62. The van der Waals surface area contributed by atoms with Gasteiger partial charge < -0.3 is 15.0 Å².